The van der Waals surface area contributed by atoms with E-state index in [1.54, 1.807) is 12.7 Å². The summed E-state index contributed by atoms with van der Waals surface area (Å²) in [7, 11) is 0. The SMILES string of the molecule is S=c1nc[nH]c2c1ncn2CN1CC1. The lowest BCUT2D eigenvalue weighted by atomic mass is 10.5. The van der Waals surface area contributed by atoms with Gasteiger partial charge in [-0.15, -0.1) is 0 Å². The van der Waals surface area contributed by atoms with Crippen molar-refractivity contribution in [2.75, 3.05) is 13.1 Å². The van der Waals surface area contributed by atoms with E-state index >= 15 is 0 Å². The molecule has 0 unspecified atom stereocenters. The third-order valence-electron chi connectivity index (χ3n) is 2.32. The van der Waals surface area contributed by atoms with Crippen molar-refractivity contribution >= 4 is 23.4 Å². The van der Waals surface area contributed by atoms with Gasteiger partial charge in [-0.3, -0.25) is 4.90 Å². The monoisotopic (exact) mass is 207 g/mol. The lowest BCUT2D eigenvalue weighted by molar-refractivity contribution is 0.447. The zero-order valence-corrected chi connectivity index (χ0v) is 8.29. The van der Waals surface area contributed by atoms with E-state index in [1.165, 1.54) is 13.1 Å². The lowest BCUT2D eigenvalue weighted by Crippen LogP contribution is -2.05. The molecule has 2 aromatic heterocycles. The smallest absolute Gasteiger partial charge is 0.157 e. The van der Waals surface area contributed by atoms with Crippen LogP contribution in [-0.4, -0.2) is 37.5 Å². The maximum atomic E-state index is 5.08. The second kappa shape index (κ2) is 2.86. The fourth-order valence-corrected chi connectivity index (χ4v) is 1.64. The predicted octanol–water partition coefficient (Wildman–Crippen LogP) is 0.762. The summed E-state index contributed by atoms with van der Waals surface area (Å²) in [6, 6.07) is 0. The zero-order valence-electron chi connectivity index (χ0n) is 7.47. The summed E-state index contributed by atoms with van der Waals surface area (Å²) in [6.07, 6.45) is 3.42. The van der Waals surface area contributed by atoms with E-state index in [-0.39, 0.29) is 0 Å². The summed E-state index contributed by atoms with van der Waals surface area (Å²) in [5, 5.41) is 0. The summed E-state index contributed by atoms with van der Waals surface area (Å²) in [6.45, 7) is 3.22. The van der Waals surface area contributed by atoms with Crippen molar-refractivity contribution in [3.63, 3.8) is 0 Å². The largest absolute Gasteiger partial charge is 0.330 e. The van der Waals surface area contributed by atoms with Crippen molar-refractivity contribution in [1.29, 1.82) is 0 Å². The molecule has 0 amide bonds. The standard InChI is InChI=1S/C8H9N5S/c14-8-6-7(9-3-10-8)13(4-11-6)5-12-1-2-12/h3-4H,1-2,5H2,(H,9,10,14). The van der Waals surface area contributed by atoms with Crippen LogP contribution in [0.1, 0.15) is 0 Å². The number of hydrogen-bond donors (Lipinski definition) is 1. The average molecular weight is 207 g/mol. The molecule has 1 N–H and O–H groups in total. The molecule has 0 bridgehead atoms. The first kappa shape index (κ1) is 8.07. The second-order valence-electron chi connectivity index (χ2n) is 3.38. The number of H-pyrrole nitrogens is 1. The summed E-state index contributed by atoms with van der Waals surface area (Å²) in [5.74, 6) is 0. The van der Waals surface area contributed by atoms with E-state index < -0.39 is 0 Å². The number of nitrogens with zero attached hydrogens (tertiary/aromatic N) is 4. The van der Waals surface area contributed by atoms with Crippen LogP contribution in [0.3, 0.4) is 0 Å². The number of aromatic amines is 1. The van der Waals surface area contributed by atoms with Gasteiger partial charge < -0.3 is 9.55 Å². The molecule has 6 heteroatoms. The molecular formula is C8H9N5S. The minimum atomic E-state index is 0.559. The van der Waals surface area contributed by atoms with Crippen molar-refractivity contribution in [2.24, 2.45) is 0 Å². The fourth-order valence-electron chi connectivity index (χ4n) is 1.44. The highest BCUT2D eigenvalue weighted by Crippen LogP contribution is 2.12. The summed E-state index contributed by atoms with van der Waals surface area (Å²) in [4.78, 5) is 13.6. The number of hydrogen-bond acceptors (Lipinski definition) is 4. The molecule has 1 aliphatic heterocycles. The average Bonchev–Trinajstić information content (AvgIpc) is 2.88. The molecule has 0 saturated carbocycles. The summed E-state index contributed by atoms with van der Waals surface area (Å²) < 4.78 is 2.61. The first-order chi connectivity index (χ1) is 6.84. The molecule has 72 valence electrons. The maximum absolute atomic E-state index is 5.08. The normalized spacial score (nSPS) is 16.3. The topological polar surface area (TPSA) is 49.5 Å². The van der Waals surface area contributed by atoms with Gasteiger partial charge in [0.1, 0.15) is 11.2 Å². The highest BCUT2D eigenvalue weighted by molar-refractivity contribution is 7.71. The Kier molecular flexibility index (Phi) is 1.65. The fraction of sp³-hybridized carbons (Fsp3) is 0.375. The number of fused-ring (bicyclic) bond motifs is 1. The summed E-state index contributed by atoms with van der Waals surface area (Å²) in [5.41, 5.74) is 1.74. The van der Waals surface area contributed by atoms with E-state index in [0.29, 0.717) is 4.64 Å². The lowest BCUT2D eigenvalue weighted by Gasteiger charge is -2.02. The molecule has 3 heterocycles. The Hall–Kier alpha value is -1.27. The molecule has 0 spiro atoms. The van der Waals surface area contributed by atoms with E-state index in [2.05, 4.69) is 24.4 Å². The Labute approximate surface area is 85.4 Å². The maximum Gasteiger partial charge on any atom is 0.157 e. The number of nitrogens with one attached hydrogen (secondary N) is 1. The number of aromatic nitrogens is 4. The molecule has 0 aliphatic carbocycles. The van der Waals surface area contributed by atoms with E-state index in [0.717, 1.165) is 17.8 Å². The van der Waals surface area contributed by atoms with Crippen molar-refractivity contribution in [1.82, 2.24) is 24.4 Å². The Morgan fingerprint density at radius 2 is 2.29 bits per heavy atom. The molecular weight excluding hydrogens is 198 g/mol. The molecule has 5 nitrogen and oxygen atoms in total. The minimum Gasteiger partial charge on any atom is -0.330 e. The van der Waals surface area contributed by atoms with Gasteiger partial charge in [-0.05, 0) is 0 Å². The molecule has 0 atom stereocenters. The van der Waals surface area contributed by atoms with Crippen LogP contribution in [-0.2, 0) is 6.67 Å². The van der Waals surface area contributed by atoms with Crippen molar-refractivity contribution < 1.29 is 0 Å². The van der Waals surface area contributed by atoms with Crippen molar-refractivity contribution in [2.45, 2.75) is 6.67 Å². The Bertz CT molecular complexity index is 524. The van der Waals surface area contributed by atoms with Gasteiger partial charge in [0.15, 0.2) is 4.64 Å². The number of rotatable bonds is 2. The molecule has 0 radical (unpaired) electrons. The number of imidazole rings is 1. The quantitative estimate of drug-likeness (QED) is 0.583. The summed E-state index contributed by atoms with van der Waals surface area (Å²) >= 11 is 5.08. The zero-order chi connectivity index (χ0) is 9.54. The van der Waals surface area contributed by atoms with E-state index in [4.69, 9.17) is 12.2 Å². The van der Waals surface area contributed by atoms with Gasteiger partial charge in [-0.2, -0.15) is 0 Å². The Morgan fingerprint density at radius 1 is 1.43 bits per heavy atom. The molecule has 1 fully saturated rings. The van der Waals surface area contributed by atoms with E-state index in [9.17, 15) is 0 Å². The molecule has 1 aliphatic rings. The highest BCUT2D eigenvalue weighted by atomic mass is 32.1. The third kappa shape index (κ3) is 1.23. The van der Waals surface area contributed by atoms with Gasteiger partial charge in [-0.1, -0.05) is 12.2 Å². The van der Waals surface area contributed by atoms with Crippen LogP contribution in [0, 0.1) is 4.64 Å². The highest BCUT2D eigenvalue weighted by Gasteiger charge is 2.18. The first-order valence-corrected chi connectivity index (χ1v) is 4.86. The first-order valence-electron chi connectivity index (χ1n) is 4.45. The van der Waals surface area contributed by atoms with Gasteiger partial charge in [0.25, 0.3) is 0 Å². The van der Waals surface area contributed by atoms with Crippen LogP contribution in [0.5, 0.6) is 0 Å². The van der Waals surface area contributed by atoms with Crippen molar-refractivity contribution in [3.05, 3.63) is 17.3 Å². The van der Waals surface area contributed by atoms with Gasteiger partial charge in [0, 0.05) is 13.1 Å². The molecule has 3 rings (SSSR count). The van der Waals surface area contributed by atoms with Crippen LogP contribution >= 0.6 is 12.2 Å². The molecule has 14 heavy (non-hydrogen) atoms. The van der Waals surface area contributed by atoms with Gasteiger partial charge in [-0.25, -0.2) is 9.97 Å². The Morgan fingerprint density at radius 3 is 3.07 bits per heavy atom. The van der Waals surface area contributed by atoms with Crippen LogP contribution < -0.4 is 0 Å². The van der Waals surface area contributed by atoms with Crippen LogP contribution in [0.15, 0.2) is 12.7 Å². The third-order valence-corrected chi connectivity index (χ3v) is 2.61. The molecule has 1 saturated heterocycles. The minimum absolute atomic E-state index is 0.559. The van der Waals surface area contributed by atoms with Gasteiger partial charge in [0.2, 0.25) is 0 Å². The van der Waals surface area contributed by atoms with E-state index in [1.807, 2.05) is 0 Å². The predicted molar refractivity (Wildman–Crippen MR) is 54.3 cm³/mol. The second-order valence-corrected chi connectivity index (χ2v) is 3.77. The molecule has 2 aromatic rings. The van der Waals surface area contributed by atoms with Gasteiger partial charge in [0.05, 0.1) is 19.3 Å². The van der Waals surface area contributed by atoms with Crippen LogP contribution in [0.2, 0.25) is 0 Å². The van der Waals surface area contributed by atoms with Crippen molar-refractivity contribution in [3.8, 4) is 0 Å². The Balaban J connectivity index is 2.15. The van der Waals surface area contributed by atoms with Crippen LogP contribution in [0.25, 0.3) is 11.2 Å². The van der Waals surface area contributed by atoms with Gasteiger partial charge >= 0.3 is 0 Å². The van der Waals surface area contributed by atoms with Crippen LogP contribution in [0.4, 0.5) is 0 Å². The molecule has 0 aromatic carbocycles.